The fourth-order valence-corrected chi connectivity index (χ4v) is 4.91. The van der Waals surface area contributed by atoms with Crippen LogP contribution >= 0.6 is 0 Å². The van der Waals surface area contributed by atoms with E-state index >= 15 is 0 Å². The van der Waals surface area contributed by atoms with Gasteiger partial charge in [0, 0.05) is 13.1 Å². The van der Waals surface area contributed by atoms with Gasteiger partial charge in [-0.2, -0.15) is 0 Å². The molecule has 2 aromatic rings. The molecule has 3 fully saturated rings. The van der Waals surface area contributed by atoms with Crippen molar-refractivity contribution in [2.45, 2.75) is 70.7 Å². The van der Waals surface area contributed by atoms with Crippen LogP contribution in [0.5, 0.6) is 0 Å². The number of urea groups is 1. The van der Waals surface area contributed by atoms with E-state index in [0.717, 1.165) is 41.9 Å². The number of H-pyrrole nitrogens is 1. The fraction of sp³-hybridized carbons (Fsp3) is 0.600. The summed E-state index contributed by atoms with van der Waals surface area (Å²) in [6.07, 6.45) is 3.75. The van der Waals surface area contributed by atoms with Crippen LogP contribution in [0.2, 0.25) is 0 Å². The van der Waals surface area contributed by atoms with Gasteiger partial charge in [-0.25, -0.2) is 9.78 Å². The molecule has 0 spiro atoms. The number of carbonyl (C=O) groups is 1. The molecule has 8 nitrogen and oxygen atoms in total. The zero-order chi connectivity index (χ0) is 24.1. The summed E-state index contributed by atoms with van der Waals surface area (Å²) < 4.78 is 17.8. The predicted octanol–water partition coefficient (Wildman–Crippen LogP) is 3.35. The standard InChI is InChI=1S/C25H35BN4O4/c1-17-16-32-14-13-29(17)23(31)30-12-6-7-21(30)22-27-15-20(28-22)18-8-10-19(11-9-18)26-33-24(2,3)25(4,5)34-26/h8-11,15,17,21H,6-7,12-14,16H2,1-5H3,(H,27,28)/t17-,21+/m1/s1. The van der Waals surface area contributed by atoms with E-state index in [2.05, 4.69) is 49.8 Å². The van der Waals surface area contributed by atoms with Crippen LogP contribution in [-0.2, 0) is 14.0 Å². The highest BCUT2D eigenvalue weighted by atomic mass is 16.7. The number of amides is 2. The number of imidazole rings is 1. The highest BCUT2D eigenvalue weighted by molar-refractivity contribution is 6.62. The number of nitrogens with one attached hydrogen (secondary N) is 1. The molecular weight excluding hydrogens is 431 g/mol. The summed E-state index contributed by atoms with van der Waals surface area (Å²) in [5.41, 5.74) is 2.25. The second-order valence-electron chi connectivity index (χ2n) is 10.6. The van der Waals surface area contributed by atoms with E-state index in [9.17, 15) is 4.79 Å². The van der Waals surface area contributed by atoms with E-state index in [1.165, 1.54) is 0 Å². The van der Waals surface area contributed by atoms with E-state index in [4.69, 9.17) is 14.0 Å². The molecule has 0 aliphatic carbocycles. The third-order valence-corrected chi connectivity index (χ3v) is 7.77. The SMILES string of the molecule is C[C@@H]1COCCN1C(=O)N1CCC[C@H]1c1ncc(-c2ccc(B3OC(C)(C)C(C)(C)O3)cc2)[nH]1. The van der Waals surface area contributed by atoms with Gasteiger partial charge >= 0.3 is 13.1 Å². The second-order valence-corrected chi connectivity index (χ2v) is 10.6. The van der Waals surface area contributed by atoms with Crippen LogP contribution in [0.25, 0.3) is 11.3 Å². The number of aromatic amines is 1. The largest absolute Gasteiger partial charge is 0.494 e. The Morgan fingerprint density at radius 2 is 1.79 bits per heavy atom. The smallest absolute Gasteiger partial charge is 0.399 e. The maximum absolute atomic E-state index is 13.3. The van der Waals surface area contributed by atoms with Gasteiger partial charge in [-0.15, -0.1) is 0 Å². The maximum Gasteiger partial charge on any atom is 0.494 e. The summed E-state index contributed by atoms with van der Waals surface area (Å²) in [4.78, 5) is 25.3. The molecule has 3 aliphatic heterocycles. The minimum atomic E-state index is -0.378. The Bertz CT molecular complexity index is 1020. The molecule has 1 aromatic carbocycles. The first-order valence-electron chi connectivity index (χ1n) is 12.3. The van der Waals surface area contributed by atoms with Gasteiger partial charge in [0.05, 0.1) is 48.4 Å². The Morgan fingerprint density at radius 1 is 1.09 bits per heavy atom. The molecule has 4 heterocycles. The number of morpholine rings is 1. The predicted molar refractivity (Wildman–Crippen MR) is 131 cm³/mol. The van der Waals surface area contributed by atoms with Gasteiger partial charge in [0.2, 0.25) is 0 Å². The molecule has 1 N–H and O–H groups in total. The number of hydrogen-bond donors (Lipinski definition) is 1. The Balaban J connectivity index is 1.30. The minimum Gasteiger partial charge on any atom is -0.399 e. The van der Waals surface area contributed by atoms with Crippen molar-refractivity contribution < 1.29 is 18.8 Å². The lowest BCUT2D eigenvalue weighted by molar-refractivity contribution is 0.00578. The number of carbonyl (C=O) groups excluding carboxylic acids is 1. The normalized spacial score (nSPS) is 26.3. The zero-order valence-electron chi connectivity index (χ0n) is 20.8. The number of hydrogen-bond acceptors (Lipinski definition) is 5. The second kappa shape index (κ2) is 8.70. The zero-order valence-corrected chi connectivity index (χ0v) is 20.8. The number of benzene rings is 1. The molecule has 34 heavy (non-hydrogen) atoms. The van der Waals surface area contributed by atoms with Crippen molar-refractivity contribution in [3.8, 4) is 11.3 Å². The van der Waals surface area contributed by atoms with Gasteiger partial charge in [-0.3, -0.25) is 0 Å². The van der Waals surface area contributed by atoms with Crippen LogP contribution in [0.1, 0.15) is 59.3 Å². The van der Waals surface area contributed by atoms with Crippen LogP contribution in [0.3, 0.4) is 0 Å². The van der Waals surface area contributed by atoms with Gasteiger partial charge < -0.3 is 28.8 Å². The minimum absolute atomic E-state index is 0.0275. The lowest BCUT2D eigenvalue weighted by Gasteiger charge is -2.37. The third kappa shape index (κ3) is 4.14. The van der Waals surface area contributed by atoms with E-state index in [0.29, 0.717) is 19.8 Å². The lowest BCUT2D eigenvalue weighted by Crippen LogP contribution is -2.52. The molecule has 2 atom stereocenters. The third-order valence-electron chi connectivity index (χ3n) is 7.77. The van der Waals surface area contributed by atoms with E-state index in [-0.39, 0.29) is 36.4 Å². The molecule has 2 amide bonds. The van der Waals surface area contributed by atoms with Crippen LogP contribution in [-0.4, -0.2) is 76.5 Å². The molecule has 3 saturated heterocycles. The maximum atomic E-state index is 13.3. The van der Waals surface area contributed by atoms with Crippen LogP contribution in [0, 0.1) is 0 Å². The van der Waals surface area contributed by atoms with Gasteiger partial charge in [0.1, 0.15) is 5.82 Å². The van der Waals surface area contributed by atoms with Crippen molar-refractivity contribution in [1.82, 2.24) is 19.8 Å². The van der Waals surface area contributed by atoms with Gasteiger partial charge in [0.25, 0.3) is 0 Å². The molecular formula is C25H35BN4O4. The van der Waals surface area contributed by atoms with Crippen molar-refractivity contribution in [2.75, 3.05) is 26.3 Å². The molecule has 3 aliphatic rings. The fourth-order valence-electron chi connectivity index (χ4n) is 4.91. The molecule has 0 bridgehead atoms. The van der Waals surface area contributed by atoms with Gasteiger partial charge in [0.15, 0.2) is 0 Å². The number of ether oxygens (including phenoxy) is 1. The average molecular weight is 466 g/mol. The van der Waals surface area contributed by atoms with Gasteiger partial charge in [-0.1, -0.05) is 24.3 Å². The summed E-state index contributed by atoms with van der Waals surface area (Å²) in [7, 11) is -0.378. The van der Waals surface area contributed by atoms with Crippen LogP contribution < -0.4 is 5.46 Å². The molecule has 0 unspecified atom stereocenters. The quantitative estimate of drug-likeness (QED) is 0.702. The van der Waals surface area contributed by atoms with Crippen molar-refractivity contribution >= 4 is 18.6 Å². The van der Waals surface area contributed by atoms with E-state index in [1.54, 1.807) is 0 Å². The summed E-state index contributed by atoms with van der Waals surface area (Å²) >= 11 is 0. The number of likely N-dealkylation sites (tertiary alicyclic amines) is 1. The van der Waals surface area contributed by atoms with Gasteiger partial charge in [-0.05, 0) is 58.5 Å². The summed E-state index contributed by atoms with van der Waals surface area (Å²) in [6.45, 7) is 12.9. The Morgan fingerprint density at radius 3 is 2.47 bits per heavy atom. The topological polar surface area (TPSA) is 79.9 Å². The Kier molecular flexibility index (Phi) is 5.98. The molecule has 0 radical (unpaired) electrons. The first-order valence-corrected chi connectivity index (χ1v) is 12.3. The van der Waals surface area contributed by atoms with Crippen molar-refractivity contribution in [1.29, 1.82) is 0 Å². The first kappa shape index (κ1) is 23.4. The summed E-state index contributed by atoms with van der Waals surface area (Å²) in [6, 6.07) is 8.36. The molecule has 182 valence electrons. The molecule has 9 heteroatoms. The van der Waals surface area contributed by atoms with Crippen molar-refractivity contribution in [3.05, 3.63) is 36.3 Å². The van der Waals surface area contributed by atoms with Crippen molar-refractivity contribution in [2.24, 2.45) is 0 Å². The first-order chi connectivity index (χ1) is 16.2. The number of nitrogens with zero attached hydrogens (tertiary/aromatic N) is 3. The molecule has 1 aromatic heterocycles. The number of rotatable bonds is 3. The van der Waals surface area contributed by atoms with Crippen molar-refractivity contribution in [3.63, 3.8) is 0 Å². The lowest BCUT2D eigenvalue weighted by atomic mass is 9.79. The molecule has 0 saturated carbocycles. The summed E-state index contributed by atoms with van der Waals surface area (Å²) in [5, 5.41) is 0. The summed E-state index contributed by atoms with van der Waals surface area (Å²) in [5.74, 6) is 0.844. The molecule has 5 rings (SSSR count). The van der Waals surface area contributed by atoms with E-state index < -0.39 is 0 Å². The van der Waals surface area contributed by atoms with Crippen LogP contribution in [0.4, 0.5) is 4.79 Å². The monoisotopic (exact) mass is 466 g/mol. The van der Waals surface area contributed by atoms with Crippen LogP contribution in [0.15, 0.2) is 30.5 Å². The van der Waals surface area contributed by atoms with E-state index in [1.807, 2.05) is 35.1 Å². The Hall–Kier alpha value is -2.36. The number of aromatic nitrogens is 2. The highest BCUT2D eigenvalue weighted by Gasteiger charge is 2.51. The average Bonchev–Trinajstić information content (AvgIpc) is 3.52. The Labute approximate surface area is 202 Å². The highest BCUT2D eigenvalue weighted by Crippen LogP contribution is 2.37.